The van der Waals surface area contributed by atoms with Crippen LogP contribution in [0.4, 0.5) is 0 Å². The van der Waals surface area contributed by atoms with Crippen molar-refractivity contribution in [3.63, 3.8) is 0 Å². The van der Waals surface area contributed by atoms with Crippen LogP contribution in [0.1, 0.15) is 74.1 Å². The first-order valence-electron chi connectivity index (χ1n) is 15.6. The number of carbonyl (C=O) groups is 2. The van der Waals surface area contributed by atoms with Crippen molar-refractivity contribution in [1.82, 2.24) is 39.0 Å². The average molecular weight is 617 g/mol. The molecule has 10 nitrogen and oxygen atoms in total. The number of imidazole rings is 2. The van der Waals surface area contributed by atoms with Gasteiger partial charge in [0, 0.05) is 48.8 Å². The van der Waals surface area contributed by atoms with Gasteiger partial charge in [0.2, 0.25) is 11.8 Å². The molecule has 0 atom stereocenters. The molecule has 0 unspecified atom stereocenters. The van der Waals surface area contributed by atoms with Gasteiger partial charge in [0.1, 0.15) is 25.3 Å². The fourth-order valence-corrected chi connectivity index (χ4v) is 5.28. The molecule has 0 fully saturated rings. The van der Waals surface area contributed by atoms with E-state index in [2.05, 4.69) is 57.6 Å². The molecule has 46 heavy (non-hydrogen) atoms. The highest BCUT2D eigenvalue weighted by molar-refractivity contribution is 5.94. The fourth-order valence-electron chi connectivity index (χ4n) is 5.28. The van der Waals surface area contributed by atoms with Crippen molar-refractivity contribution in [2.45, 2.75) is 67.2 Å². The quantitative estimate of drug-likeness (QED) is 0.170. The highest BCUT2D eigenvalue weighted by Gasteiger charge is 2.15. The van der Waals surface area contributed by atoms with Crippen LogP contribution in [-0.4, -0.2) is 50.9 Å². The topological polar surface area (TPSA) is 121 Å². The molecular weight excluding hydrogens is 576 g/mol. The van der Waals surface area contributed by atoms with Crippen molar-refractivity contribution in [2.24, 2.45) is 11.8 Å². The van der Waals surface area contributed by atoms with E-state index in [0.29, 0.717) is 24.7 Å². The molecule has 6 aromatic rings. The molecule has 0 saturated carbocycles. The van der Waals surface area contributed by atoms with Gasteiger partial charge in [-0.3, -0.25) is 18.7 Å². The lowest BCUT2D eigenvalue weighted by molar-refractivity contribution is 0.0891. The standard InChI is InChI=1S/2C18H20N4O/c1-12(2)4-5-18(23)22-11-21-16-7-15(13(3)6-17(16)22)14-8-19-10-20-9-14;1-12(2)4-5-18(23)22-11-21-16-6-13(3)15(7-17(16)22)14-8-19-10-20-9-14/h2*6-12H,4-5H2,1-3H3. The second kappa shape index (κ2) is 14.3. The smallest absolute Gasteiger partial charge is 0.232 e. The molecule has 0 bridgehead atoms. The van der Waals surface area contributed by atoms with Crippen LogP contribution < -0.4 is 0 Å². The van der Waals surface area contributed by atoms with Crippen LogP contribution in [-0.2, 0) is 0 Å². The minimum Gasteiger partial charge on any atom is -0.274 e. The number of fused-ring (bicyclic) bond motifs is 2. The lowest BCUT2D eigenvalue weighted by Crippen LogP contribution is -2.10. The Morgan fingerprint density at radius 2 is 1.02 bits per heavy atom. The highest BCUT2D eigenvalue weighted by atomic mass is 16.2. The zero-order valence-electron chi connectivity index (χ0n) is 27.3. The first-order valence-corrected chi connectivity index (χ1v) is 15.6. The van der Waals surface area contributed by atoms with Crippen LogP contribution in [0.15, 0.2) is 74.4 Å². The zero-order chi connectivity index (χ0) is 32.8. The zero-order valence-corrected chi connectivity index (χ0v) is 27.3. The summed E-state index contributed by atoms with van der Waals surface area (Å²) in [6.45, 7) is 12.5. The van der Waals surface area contributed by atoms with E-state index >= 15 is 0 Å². The van der Waals surface area contributed by atoms with Crippen molar-refractivity contribution in [2.75, 3.05) is 0 Å². The summed E-state index contributed by atoms with van der Waals surface area (Å²) < 4.78 is 3.32. The van der Waals surface area contributed by atoms with Gasteiger partial charge in [0.15, 0.2) is 0 Å². The number of aryl methyl sites for hydroxylation is 2. The van der Waals surface area contributed by atoms with Gasteiger partial charge >= 0.3 is 0 Å². The molecule has 0 amide bonds. The third kappa shape index (κ3) is 7.39. The molecule has 0 spiro atoms. The number of rotatable bonds is 8. The SMILES string of the molecule is Cc1cc2c(cc1-c1cncnc1)ncn2C(=O)CCC(C)C.Cc1cc2ncn(C(=O)CCC(C)C)c2cc1-c1cncnc1. The third-order valence-electron chi connectivity index (χ3n) is 7.94. The summed E-state index contributed by atoms with van der Waals surface area (Å²) in [5.74, 6) is 1.20. The Morgan fingerprint density at radius 1 is 0.609 bits per heavy atom. The number of hydrogen-bond acceptors (Lipinski definition) is 8. The van der Waals surface area contributed by atoms with E-state index in [1.54, 1.807) is 46.6 Å². The maximum atomic E-state index is 12.5. The Balaban J connectivity index is 0.000000181. The Kier molecular flexibility index (Phi) is 10.0. The predicted octanol–water partition coefficient (Wildman–Crippen LogP) is 7.76. The Morgan fingerprint density at radius 3 is 1.50 bits per heavy atom. The van der Waals surface area contributed by atoms with Gasteiger partial charge in [-0.15, -0.1) is 0 Å². The van der Waals surface area contributed by atoms with Crippen LogP contribution in [0, 0.1) is 25.7 Å². The highest BCUT2D eigenvalue weighted by Crippen LogP contribution is 2.28. The van der Waals surface area contributed by atoms with Crippen molar-refractivity contribution >= 4 is 33.9 Å². The van der Waals surface area contributed by atoms with E-state index < -0.39 is 0 Å². The van der Waals surface area contributed by atoms with Crippen molar-refractivity contribution < 1.29 is 9.59 Å². The van der Waals surface area contributed by atoms with Crippen LogP contribution in [0.25, 0.3) is 44.3 Å². The first-order chi connectivity index (χ1) is 22.1. The summed E-state index contributed by atoms with van der Waals surface area (Å²) in [6, 6.07) is 8.01. The molecule has 6 rings (SSSR count). The summed E-state index contributed by atoms with van der Waals surface area (Å²) >= 11 is 0. The molecule has 236 valence electrons. The minimum atomic E-state index is 0.0836. The molecule has 0 saturated heterocycles. The number of hydrogen-bond donors (Lipinski definition) is 0. The van der Waals surface area contributed by atoms with Gasteiger partial charge in [0.05, 0.1) is 22.1 Å². The summed E-state index contributed by atoms with van der Waals surface area (Å²) in [4.78, 5) is 49.9. The predicted molar refractivity (Wildman–Crippen MR) is 180 cm³/mol. The minimum absolute atomic E-state index is 0.0836. The second-order valence-electron chi connectivity index (χ2n) is 12.4. The van der Waals surface area contributed by atoms with E-state index in [4.69, 9.17) is 0 Å². The lowest BCUT2D eigenvalue weighted by atomic mass is 10.0. The third-order valence-corrected chi connectivity index (χ3v) is 7.94. The number of aromatic nitrogens is 8. The number of carbonyl (C=O) groups excluding carboxylic acids is 2. The van der Waals surface area contributed by atoms with Crippen molar-refractivity contribution in [3.8, 4) is 22.3 Å². The van der Waals surface area contributed by atoms with Gasteiger partial charge in [-0.1, -0.05) is 27.7 Å². The van der Waals surface area contributed by atoms with Gasteiger partial charge in [-0.25, -0.2) is 29.9 Å². The normalized spacial score (nSPS) is 11.3. The molecule has 4 heterocycles. The van der Waals surface area contributed by atoms with E-state index in [1.807, 2.05) is 38.1 Å². The van der Waals surface area contributed by atoms with Crippen molar-refractivity contribution in [1.29, 1.82) is 0 Å². The van der Waals surface area contributed by atoms with E-state index in [1.165, 1.54) is 12.7 Å². The Hall–Kier alpha value is -5.12. The van der Waals surface area contributed by atoms with E-state index in [-0.39, 0.29) is 11.8 Å². The molecular formula is C36H40N8O2. The maximum absolute atomic E-state index is 12.5. The monoisotopic (exact) mass is 616 g/mol. The number of nitrogens with zero attached hydrogens (tertiary/aromatic N) is 8. The van der Waals surface area contributed by atoms with Crippen LogP contribution in [0.2, 0.25) is 0 Å². The van der Waals surface area contributed by atoms with Crippen LogP contribution in [0.5, 0.6) is 0 Å². The van der Waals surface area contributed by atoms with Gasteiger partial charge in [-0.05, 0) is 85.0 Å². The molecule has 0 aliphatic heterocycles. The summed E-state index contributed by atoms with van der Waals surface area (Å²) in [5.41, 5.74) is 9.46. The molecule has 0 aliphatic carbocycles. The first kappa shape index (κ1) is 32.3. The molecule has 4 aromatic heterocycles. The molecule has 2 aromatic carbocycles. The maximum Gasteiger partial charge on any atom is 0.232 e. The lowest BCUT2D eigenvalue weighted by Gasteiger charge is -2.08. The van der Waals surface area contributed by atoms with Crippen LogP contribution >= 0.6 is 0 Å². The molecule has 10 heteroatoms. The summed E-state index contributed by atoms with van der Waals surface area (Å²) in [7, 11) is 0. The van der Waals surface area contributed by atoms with Gasteiger partial charge < -0.3 is 0 Å². The average Bonchev–Trinajstić information content (AvgIpc) is 3.66. The largest absolute Gasteiger partial charge is 0.274 e. The second-order valence-corrected chi connectivity index (χ2v) is 12.4. The number of benzene rings is 2. The summed E-state index contributed by atoms with van der Waals surface area (Å²) in [6.07, 6.45) is 16.2. The van der Waals surface area contributed by atoms with E-state index in [9.17, 15) is 9.59 Å². The fraction of sp³-hybridized carbons (Fsp3) is 0.333. The van der Waals surface area contributed by atoms with Crippen LogP contribution in [0.3, 0.4) is 0 Å². The van der Waals surface area contributed by atoms with E-state index in [0.717, 1.165) is 68.3 Å². The Bertz CT molecular complexity index is 1960. The Labute approximate surface area is 269 Å². The molecule has 0 N–H and O–H groups in total. The molecule has 0 radical (unpaired) electrons. The molecule has 0 aliphatic rings. The van der Waals surface area contributed by atoms with Crippen molar-refractivity contribution in [3.05, 3.63) is 85.5 Å². The van der Waals surface area contributed by atoms with Gasteiger partial charge in [0.25, 0.3) is 0 Å². The summed E-state index contributed by atoms with van der Waals surface area (Å²) in [5, 5.41) is 0. The van der Waals surface area contributed by atoms with Gasteiger partial charge in [-0.2, -0.15) is 0 Å².